The van der Waals surface area contributed by atoms with E-state index in [1.54, 1.807) is 12.1 Å². The number of ether oxygens (including phenoxy) is 2. The van der Waals surface area contributed by atoms with Gasteiger partial charge in [-0.2, -0.15) is 5.10 Å². The normalized spacial score (nSPS) is 20.2. The number of carbonyl (C=O) groups excluding carboxylic acids is 1. The molecule has 2 aromatic rings. The van der Waals surface area contributed by atoms with Crippen LogP contribution in [0.25, 0.3) is 0 Å². The Hall–Kier alpha value is -2.25. The SMILES string of the molecule is Nc1[nH]ncc1C(=O)NC[C@H]1CC[C@@H](COc2ccc(Cl)cc2)CO1. The van der Waals surface area contributed by atoms with Crippen molar-refractivity contribution in [3.05, 3.63) is 41.0 Å². The summed E-state index contributed by atoms with van der Waals surface area (Å²) in [6, 6.07) is 7.32. The molecule has 0 spiro atoms. The highest BCUT2D eigenvalue weighted by Gasteiger charge is 2.23. The average Bonchev–Trinajstić information content (AvgIpc) is 3.06. The second-order valence-corrected chi connectivity index (χ2v) is 6.51. The first-order valence-corrected chi connectivity index (χ1v) is 8.56. The number of hydrogen-bond acceptors (Lipinski definition) is 5. The molecule has 134 valence electrons. The average molecular weight is 365 g/mol. The van der Waals surface area contributed by atoms with E-state index >= 15 is 0 Å². The lowest BCUT2D eigenvalue weighted by Crippen LogP contribution is -2.38. The first kappa shape index (κ1) is 17.6. The molecule has 1 aliphatic heterocycles. The Morgan fingerprint density at radius 3 is 2.84 bits per heavy atom. The van der Waals surface area contributed by atoms with Gasteiger partial charge in [0.2, 0.25) is 0 Å². The number of aromatic amines is 1. The highest BCUT2D eigenvalue weighted by atomic mass is 35.5. The minimum Gasteiger partial charge on any atom is -0.493 e. The van der Waals surface area contributed by atoms with Crippen LogP contribution in [-0.4, -0.2) is 42.0 Å². The summed E-state index contributed by atoms with van der Waals surface area (Å²) in [7, 11) is 0. The van der Waals surface area contributed by atoms with Gasteiger partial charge in [0.05, 0.1) is 25.5 Å². The maximum atomic E-state index is 12.0. The van der Waals surface area contributed by atoms with E-state index in [9.17, 15) is 4.79 Å². The summed E-state index contributed by atoms with van der Waals surface area (Å²) in [6.07, 6.45) is 3.28. The van der Waals surface area contributed by atoms with Crippen molar-refractivity contribution in [3.8, 4) is 5.75 Å². The number of hydrogen-bond donors (Lipinski definition) is 3. The zero-order valence-electron chi connectivity index (χ0n) is 13.7. The van der Waals surface area contributed by atoms with Crippen molar-refractivity contribution in [2.24, 2.45) is 5.92 Å². The molecule has 2 atom stereocenters. The van der Waals surface area contributed by atoms with Gasteiger partial charge in [-0.1, -0.05) is 11.6 Å². The number of carbonyl (C=O) groups is 1. The van der Waals surface area contributed by atoms with Crippen molar-refractivity contribution >= 4 is 23.3 Å². The van der Waals surface area contributed by atoms with Crippen molar-refractivity contribution < 1.29 is 14.3 Å². The molecule has 1 amide bonds. The first-order chi connectivity index (χ1) is 12.1. The number of nitrogens with one attached hydrogen (secondary N) is 2. The minimum atomic E-state index is -0.247. The van der Waals surface area contributed by atoms with E-state index in [-0.39, 0.29) is 17.8 Å². The van der Waals surface area contributed by atoms with Gasteiger partial charge in [0.15, 0.2) is 0 Å². The largest absolute Gasteiger partial charge is 0.493 e. The molecular formula is C17H21ClN4O3. The van der Waals surface area contributed by atoms with E-state index in [0.717, 1.165) is 18.6 Å². The monoisotopic (exact) mass is 364 g/mol. The summed E-state index contributed by atoms with van der Waals surface area (Å²) >= 11 is 5.85. The van der Waals surface area contributed by atoms with Crippen molar-refractivity contribution in [2.75, 3.05) is 25.5 Å². The van der Waals surface area contributed by atoms with Gasteiger partial charge < -0.3 is 20.5 Å². The zero-order chi connectivity index (χ0) is 17.6. The maximum absolute atomic E-state index is 12.0. The predicted octanol–water partition coefficient (Wildman–Crippen LogP) is 2.25. The number of amides is 1. The number of nitrogens with zero attached hydrogens (tertiary/aromatic N) is 1. The third-order valence-electron chi connectivity index (χ3n) is 4.17. The zero-order valence-corrected chi connectivity index (χ0v) is 14.5. The summed E-state index contributed by atoms with van der Waals surface area (Å²) in [6.45, 7) is 1.67. The summed E-state index contributed by atoms with van der Waals surface area (Å²) in [4.78, 5) is 12.0. The lowest BCUT2D eigenvalue weighted by Gasteiger charge is -2.29. The van der Waals surface area contributed by atoms with E-state index in [4.69, 9.17) is 26.8 Å². The van der Waals surface area contributed by atoms with Crippen LogP contribution in [0.1, 0.15) is 23.2 Å². The summed E-state index contributed by atoms with van der Waals surface area (Å²) in [5, 5.41) is 9.79. The number of nitrogens with two attached hydrogens (primary N) is 1. The van der Waals surface area contributed by atoms with Gasteiger partial charge in [-0.15, -0.1) is 0 Å². The quantitative estimate of drug-likeness (QED) is 0.729. The maximum Gasteiger partial charge on any atom is 0.256 e. The van der Waals surface area contributed by atoms with Crippen LogP contribution in [0.4, 0.5) is 5.82 Å². The van der Waals surface area contributed by atoms with Gasteiger partial charge >= 0.3 is 0 Å². The molecule has 2 heterocycles. The van der Waals surface area contributed by atoms with Gasteiger partial charge in [0.25, 0.3) is 5.91 Å². The topological polar surface area (TPSA) is 102 Å². The van der Waals surface area contributed by atoms with Gasteiger partial charge in [-0.05, 0) is 37.1 Å². The van der Waals surface area contributed by atoms with Crippen molar-refractivity contribution in [1.82, 2.24) is 15.5 Å². The fourth-order valence-electron chi connectivity index (χ4n) is 2.68. The van der Waals surface area contributed by atoms with E-state index < -0.39 is 0 Å². The van der Waals surface area contributed by atoms with E-state index in [0.29, 0.717) is 36.3 Å². The molecule has 8 heteroatoms. The molecule has 1 aliphatic rings. The predicted molar refractivity (Wildman–Crippen MR) is 94.7 cm³/mol. The van der Waals surface area contributed by atoms with Crippen LogP contribution in [-0.2, 0) is 4.74 Å². The van der Waals surface area contributed by atoms with Crippen LogP contribution >= 0.6 is 11.6 Å². The number of halogens is 1. The molecule has 0 aliphatic carbocycles. The van der Waals surface area contributed by atoms with Crippen LogP contribution in [0.15, 0.2) is 30.5 Å². The number of rotatable bonds is 6. The summed E-state index contributed by atoms with van der Waals surface area (Å²) < 4.78 is 11.6. The summed E-state index contributed by atoms with van der Waals surface area (Å²) in [5.41, 5.74) is 5.98. The molecule has 0 saturated carbocycles. The second kappa shape index (κ2) is 8.22. The Bertz CT molecular complexity index is 696. The molecule has 0 bridgehead atoms. The molecule has 25 heavy (non-hydrogen) atoms. The van der Waals surface area contributed by atoms with E-state index in [1.165, 1.54) is 6.20 Å². The smallest absolute Gasteiger partial charge is 0.256 e. The summed E-state index contributed by atoms with van der Waals surface area (Å²) in [5.74, 6) is 1.16. The number of anilines is 1. The molecule has 1 aromatic carbocycles. The van der Waals surface area contributed by atoms with Crippen LogP contribution in [0.3, 0.4) is 0 Å². The Balaban J connectivity index is 1.36. The van der Waals surface area contributed by atoms with Crippen LogP contribution in [0, 0.1) is 5.92 Å². The van der Waals surface area contributed by atoms with Crippen molar-refractivity contribution in [2.45, 2.75) is 18.9 Å². The molecule has 0 unspecified atom stereocenters. The van der Waals surface area contributed by atoms with Crippen molar-refractivity contribution in [3.63, 3.8) is 0 Å². The Labute approximate surface area is 150 Å². The fraction of sp³-hybridized carbons (Fsp3) is 0.412. The molecule has 1 aromatic heterocycles. The third-order valence-corrected chi connectivity index (χ3v) is 4.42. The number of H-pyrrole nitrogens is 1. The Kier molecular flexibility index (Phi) is 5.78. The van der Waals surface area contributed by atoms with Crippen molar-refractivity contribution in [1.29, 1.82) is 0 Å². The van der Waals surface area contributed by atoms with Crippen LogP contribution in [0.2, 0.25) is 5.02 Å². The highest BCUT2D eigenvalue weighted by molar-refractivity contribution is 6.30. The standard InChI is InChI=1S/C17H21ClN4O3/c18-12-2-5-13(6-3-12)24-9-11-1-4-14(25-10-11)7-20-17(23)15-8-21-22-16(15)19/h2-3,5-6,8,11,14H,1,4,7,9-10H2,(H,20,23)(H3,19,21,22)/t11-,14+/m0/s1. The van der Waals surface area contributed by atoms with Gasteiger partial charge in [0.1, 0.15) is 17.1 Å². The molecule has 0 radical (unpaired) electrons. The highest BCUT2D eigenvalue weighted by Crippen LogP contribution is 2.21. The molecule has 7 nitrogen and oxygen atoms in total. The lowest BCUT2D eigenvalue weighted by atomic mass is 9.99. The van der Waals surface area contributed by atoms with Crippen LogP contribution in [0.5, 0.6) is 5.75 Å². The Morgan fingerprint density at radius 1 is 1.40 bits per heavy atom. The number of aromatic nitrogens is 2. The first-order valence-electron chi connectivity index (χ1n) is 8.19. The Morgan fingerprint density at radius 2 is 2.20 bits per heavy atom. The molecule has 3 rings (SSSR count). The van der Waals surface area contributed by atoms with Crippen LogP contribution < -0.4 is 15.8 Å². The molecule has 1 saturated heterocycles. The minimum absolute atomic E-state index is 0.00357. The second-order valence-electron chi connectivity index (χ2n) is 6.07. The van der Waals surface area contributed by atoms with Gasteiger partial charge in [-0.25, -0.2) is 0 Å². The van der Waals surface area contributed by atoms with Gasteiger partial charge in [0, 0.05) is 17.5 Å². The molecule has 1 fully saturated rings. The lowest BCUT2D eigenvalue weighted by molar-refractivity contribution is -0.0251. The fourth-order valence-corrected chi connectivity index (χ4v) is 2.80. The molecule has 4 N–H and O–H groups in total. The van der Waals surface area contributed by atoms with E-state index in [2.05, 4.69) is 15.5 Å². The molecular weight excluding hydrogens is 344 g/mol. The number of nitrogen functional groups attached to an aromatic ring is 1. The third kappa shape index (κ3) is 4.87. The number of benzene rings is 1. The van der Waals surface area contributed by atoms with E-state index in [1.807, 2.05) is 12.1 Å². The van der Waals surface area contributed by atoms with Gasteiger partial charge in [-0.3, -0.25) is 9.89 Å².